The normalized spacial score (nSPS) is 21.4. The summed E-state index contributed by atoms with van der Waals surface area (Å²) in [4.78, 5) is 25.2. The number of Topliss-reactive ketones (excluding diaryl/α,β-unsaturated/α-hetero) is 2. The zero-order chi connectivity index (χ0) is 15.1. The Morgan fingerprint density at radius 3 is 2.57 bits per heavy atom. The number of benzene rings is 1. The fraction of sp³-hybridized carbons (Fsp3) is 0.412. The lowest BCUT2D eigenvalue weighted by Gasteiger charge is -2.28. The van der Waals surface area contributed by atoms with Crippen LogP contribution in [0.1, 0.15) is 47.9 Å². The fourth-order valence-electron chi connectivity index (χ4n) is 2.79. The molecule has 4 heteroatoms. The highest BCUT2D eigenvalue weighted by Crippen LogP contribution is 2.34. The average Bonchev–Trinajstić information content (AvgIpc) is 2.44. The minimum atomic E-state index is -0.0948. The van der Waals surface area contributed by atoms with E-state index >= 15 is 0 Å². The second kappa shape index (κ2) is 5.11. The van der Waals surface area contributed by atoms with Crippen molar-refractivity contribution in [2.45, 2.75) is 39.4 Å². The molecule has 2 aliphatic rings. The molecule has 0 unspecified atom stereocenters. The Morgan fingerprint density at radius 2 is 1.86 bits per heavy atom. The van der Waals surface area contributed by atoms with Crippen molar-refractivity contribution < 1.29 is 19.1 Å². The molecule has 0 saturated carbocycles. The van der Waals surface area contributed by atoms with Crippen LogP contribution in [0.4, 0.5) is 0 Å². The van der Waals surface area contributed by atoms with Crippen LogP contribution in [0.3, 0.4) is 0 Å². The summed E-state index contributed by atoms with van der Waals surface area (Å²) in [5, 5.41) is 0. The first-order valence-electron chi connectivity index (χ1n) is 7.21. The van der Waals surface area contributed by atoms with Crippen molar-refractivity contribution in [1.82, 2.24) is 0 Å². The Balaban J connectivity index is 2.04. The lowest BCUT2D eigenvalue weighted by molar-refractivity contribution is 0.0616. The Kier molecular flexibility index (Phi) is 3.41. The van der Waals surface area contributed by atoms with Crippen LogP contribution >= 0.6 is 0 Å². The number of carbonyl (C=O) groups is 2. The second-order valence-electron chi connectivity index (χ2n) is 5.82. The molecular weight excluding hydrogens is 268 g/mol. The number of hydrogen-bond acceptors (Lipinski definition) is 4. The first-order valence-corrected chi connectivity index (χ1v) is 7.21. The van der Waals surface area contributed by atoms with Crippen LogP contribution in [0.2, 0.25) is 0 Å². The van der Waals surface area contributed by atoms with Gasteiger partial charge in [-0.15, -0.1) is 0 Å². The van der Waals surface area contributed by atoms with Crippen molar-refractivity contribution in [1.29, 1.82) is 0 Å². The Morgan fingerprint density at radius 1 is 1.14 bits per heavy atom. The summed E-state index contributed by atoms with van der Waals surface area (Å²) in [6, 6.07) is 5.09. The first kappa shape index (κ1) is 14.0. The molecule has 0 saturated heterocycles. The predicted octanol–water partition coefficient (Wildman–Crippen LogP) is 2.96. The summed E-state index contributed by atoms with van der Waals surface area (Å²) in [7, 11) is 0. The van der Waals surface area contributed by atoms with Crippen molar-refractivity contribution in [3.05, 3.63) is 40.5 Å². The van der Waals surface area contributed by atoms with E-state index in [1.165, 1.54) is 0 Å². The zero-order valence-corrected chi connectivity index (χ0v) is 12.4. The lowest BCUT2D eigenvalue weighted by atomic mass is 9.81. The van der Waals surface area contributed by atoms with E-state index in [1.54, 1.807) is 18.2 Å². The molecule has 1 atom stereocenters. The van der Waals surface area contributed by atoms with Crippen LogP contribution < -0.4 is 4.74 Å². The summed E-state index contributed by atoms with van der Waals surface area (Å²) in [6.07, 6.45) is 0.488. The van der Waals surface area contributed by atoms with E-state index in [2.05, 4.69) is 0 Å². The Bertz CT molecular complexity index is 655. The quantitative estimate of drug-likeness (QED) is 0.838. The van der Waals surface area contributed by atoms with Crippen LogP contribution in [0.5, 0.6) is 5.75 Å². The zero-order valence-electron chi connectivity index (χ0n) is 12.4. The summed E-state index contributed by atoms with van der Waals surface area (Å²) in [6.45, 7) is 5.99. The van der Waals surface area contributed by atoms with Gasteiger partial charge in [0.05, 0.1) is 18.8 Å². The van der Waals surface area contributed by atoms with Gasteiger partial charge in [-0.25, -0.2) is 0 Å². The molecule has 0 N–H and O–H groups in total. The van der Waals surface area contributed by atoms with Crippen molar-refractivity contribution in [3.63, 3.8) is 0 Å². The van der Waals surface area contributed by atoms with Crippen molar-refractivity contribution in [2.24, 2.45) is 0 Å². The predicted molar refractivity (Wildman–Crippen MR) is 77.9 cm³/mol. The third-order valence-electron chi connectivity index (χ3n) is 3.77. The molecule has 0 bridgehead atoms. The maximum absolute atomic E-state index is 12.7. The number of ketones is 2. The third-order valence-corrected chi connectivity index (χ3v) is 3.77. The van der Waals surface area contributed by atoms with Gasteiger partial charge in [-0.3, -0.25) is 9.59 Å². The molecule has 1 aliphatic carbocycles. The highest BCUT2D eigenvalue weighted by Gasteiger charge is 2.35. The van der Waals surface area contributed by atoms with Crippen molar-refractivity contribution in [2.75, 3.05) is 6.61 Å². The highest BCUT2D eigenvalue weighted by molar-refractivity contribution is 6.27. The molecule has 1 aliphatic heterocycles. The van der Waals surface area contributed by atoms with Gasteiger partial charge < -0.3 is 9.47 Å². The standard InChI is InChI=1S/C17H18O4/c1-9(2)21-11-4-5-12-14(7-11)17(19)13-6-10(3)20-8-15(13)16(12)18/h4-5,7,9-10H,6,8H2,1-3H3/t10-/m0/s1. The molecule has 0 radical (unpaired) electrons. The number of rotatable bonds is 2. The molecule has 0 spiro atoms. The fourth-order valence-corrected chi connectivity index (χ4v) is 2.79. The second-order valence-corrected chi connectivity index (χ2v) is 5.82. The van der Waals surface area contributed by atoms with Crippen molar-refractivity contribution in [3.8, 4) is 5.75 Å². The van der Waals surface area contributed by atoms with Gasteiger partial charge in [0, 0.05) is 28.7 Å². The van der Waals surface area contributed by atoms with Crippen LogP contribution in [0, 0.1) is 0 Å². The molecule has 4 nitrogen and oxygen atoms in total. The molecule has 110 valence electrons. The van der Waals surface area contributed by atoms with E-state index in [9.17, 15) is 9.59 Å². The number of fused-ring (bicyclic) bond motifs is 1. The van der Waals surface area contributed by atoms with Crippen LogP contribution in [-0.4, -0.2) is 30.4 Å². The van der Waals surface area contributed by atoms with Gasteiger partial charge in [-0.1, -0.05) is 0 Å². The highest BCUT2D eigenvalue weighted by atomic mass is 16.5. The first-order chi connectivity index (χ1) is 9.97. The van der Waals surface area contributed by atoms with Gasteiger partial charge in [0.2, 0.25) is 0 Å². The van der Waals surface area contributed by atoms with Gasteiger partial charge in [0.15, 0.2) is 11.6 Å². The van der Waals surface area contributed by atoms with E-state index in [0.717, 1.165) is 0 Å². The molecule has 1 heterocycles. The van der Waals surface area contributed by atoms with Crippen LogP contribution in [-0.2, 0) is 4.74 Å². The Labute approximate surface area is 123 Å². The van der Waals surface area contributed by atoms with E-state index in [1.807, 2.05) is 20.8 Å². The van der Waals surface area contributed by atoms with E-state index < -0.39 is 0 Å². The van der Waals surface area contributed by atoms with Crippen LogP contribution in [0.25, 0.3) is 0 Å². The summed E-state index contributed by atoms with van der Waals surface area (Å²) >= 11 is 0. The van der Waals surface area contributed by atoms with Gasteiger partial charge in [0.1, 0.15) is 5.75 Å². The average molecular weight is 286 g/mol. The smallest absolute Gasteiger partial charge is 0.192 e. The van der Waals surface area contributed by atoms with E-state index in [-0.39, 0.29) is 30.4 Å². The number of carbonyl (C=O) groups excluding carboxylic acids is 2. The molecule has 0 fully saturated rings. The number of hydrogen-bond donors (Lipinski definition) is 0. The minimum absolute atomic E-state index is 0.0234. The molecule has 1 aromatic carbocycles. The lowest BCUT2D eigenvalue weighted by Crippen LogP contribution is -2.31. The van der Waals surface area contributed by atoms with Gasteiger partial charge in [0.25, 0.3) is 0 Å². The minimum Gasteiger partial charge on any atom is -0.491 e. The van der Waals surface area contributed by atoms with Gasteiger partial charge >= 0.3 is 0 Å². The number of ether oxygens (including phenoxy) is 2. The molecule has 0 aromatic heterocycles. The van der Waals surface area contributed by atoms with E-state index in [0.29, 0.717) is 34.4 Å². The van der Waals surface area contributed by atoms with Crippen LogP contribution in [0.15, 0.2) is 29.3 Å². The van der Waals surface area contributed by atoms with Crippen molar-refractivity contribution >= 4 is 11.6 Å². The van der Waals surface area contributed by atoms with Gasteiger partial charge in [-0.05, 0) is 39.0 Å². The largest absolute Gasteiger partial charge is 0.491 e. The SMILES string of the molecule is CC(C)Oc1ccc2c(c1)C(=O)C1=C(CO[C@@H](C)C1)C2=O. The summed E-state index contributed by atoms with van der Waals surface area (Å²) < 4.78 is 11.1. The third kappa shape index (κ3) is 2.40. The maximum atomic E-state index is 12.7. The molecular formula is C17H18O4. The molecule has 0 amide bonds. The van der Waals surface area contributed by atoms with E-state index in [4.69, 9.17) is 9.47 Å². The van der Waals surface area contributed by atoms with Gasteiger partial charge in [-0.2, -0.15) is 0 Å². The molecule has 21 heavy (non-hydrogen) atoms. The molecule has 3 rings (SSSR count). The summed E-state index contributed by atoms with van der Waals surface area (Å²) in [5.41, 5.74) is 2.02. The molecule has 1 aromatic rings. The monoisotopic (exact) mass is 286 g/mol. The Hall–Kier alpha value is -1.94. The topological polar surface area (TPSA) is 52.6 Å². The summed E-state index contributed by atoms with van der Waals surface area (Å²) in [5.74, 6) is 0.459. The maximum Gasteiger partial charge on any atom is 0.192 e.